The van der Waals surface area contributed by atoms with Crippen LogP contribution in [-0.2, 0) is 0 Å². The first kappa shape index (κ1) is 13.3. The summed E-state index contributed by atoms with van der Waals surface area (Å²) in [6, 6.07) is 2.75. The van der Waals surface area contributed by atoms with E-state index in [4.69, 9.17) is 0 Å². The topological polar surface area (TPSA) is 49.8 Å². The van der Waals surface area contributed by atoms with Crippen LogP contribution in [0.25, 0.3) is 0 Å². The summed E-state index contributed by atoms with van der Waals surface area (Å²) in [6.45, 7) is 3.94. The van der Waals surface area contributed by atoms with Crippen molar-refractivity contribution in [1.29, 1.82) is 0 Å². The number of aromatic nitrogens is 2. The Morgan fingerprint density at radius 3 is 2.67 bits per heavy atom. The fourth-order valence-corrected chi connectivity index (χ4v) is 2.50. The lowest BCUT2D eigenvalue weighted by atomic mass is 10.1. The van der Waals surface area contributed by atoms with Gasteiger partial charge in [0.05, 0.1) is 6.20 Å². The van der Waals surface area contributed by atoms with Gasteiger partial charge in [-0.15, -0.1) is 5.10 Å². The van der Waals surface area contributed by atoms with Crippen LogP contribution in [0.1, 0.15) is 44.1 Å². The summed E-state index contributed by atoms with van der Waals surface area (Å²) < 4.78 is 0. The Balaban J connectivity index is 1.63. The Kier molecular flexibility index (Phi) is 5.39. The third-order valence-electron chi connectivity index (χ3n) is 3.51. The molecule has 0 atom stereocenters. The van der Waals surface area contributed by atoms with Gasteiger partial charge < -0.3 is 10.6 Å². The van der Waals surface area contributed by atoms with Crippen molar-refractivity contribution in [3.8, 4) is 0 Å². The molecule has 0 unspecified atom stereocenters. The quantitative estimate of drug-likeness (QED) is 0.621. The molecule has 1 heterocycles. The average Bonchev–Trinajstić information content (AvgIpc) is 2.63. The lowest BCUT2D eigenvalue weighted by molar-refractivity contribution is 0.468. The number of nitrogens with one attached hydrogen (secondary N) is 2. The first-order chi connectivity index (χ1) is 8.84. The molecule has 1 aromatic heterocycles. The zero-order valence-electron chi connectivity index (χ0n) is 11.3. The average molecular weight is 248 g/mol. The molecule has 0 radical (unpaired) electrons. The smallest absolute Gasteiger partial charge is 0.148 e. The van der Waals surface area contributed by atoms with Crippen molar-refractivity contribution in [1.82, 2.24) is 15.5 Å². The molecule has 4 heteroatoms. The second-order valence-corrected chi connectivity index (χ2v) is 5.19. The predicted molar refractivity (Wildman–Crippen MR) is 74.8 cm³/mol. The van der Waals surface area contributed by atoms with E-state index in [2.05, 4.69) is 20.8 Å². The van der Waals surface area contributed by atoms with Gasteiger partial charge in [0.2, 0.25) is 0 Å². The van der Waals surface area contributed by atoms with E-state index in [1.165, 1.54) is 38.5 Å². The van der Waals surface area contributed by atoms with E-state index in [-0.39, 0.29) is 0 Å². The molecule has 1 fully saturated rings. The van der Waals surface area contributed by atoms with E-state index in [9.17, 15) is 0 Å². The van der Waals surface area contributed by atoms with Crippen molar-refractivity contribution in [3.63, 3.8) is 0 Å². The minimum Gasteiger partial charge on any atom is -0.367 e. The Bertz CT molecular complexity index is 345. The van der Waals surface area contributed by atoms with Gasteiger partial charge in [-0.1, -0.05) is 25.7 Å². The van der Waals surface area contributed by atoms with Crippen molar-refractivity contribution in [2.75, 3.05) is 18.4 Å². The molecular weight excluding hydrogens is 224 g/mol. The molecule has 2 N–H and O–H groups in total. The lowest BCUT2D eigenvalue weighted by Crippen LogP contribution is -2.32. The number of aryl methyl sites for hydroxylation is 1. The monoisotopic (exact) mass is 248 g/mol. The molecule has 0 aromatic carbocycles. The summed E-state index contributed by atoms with van der Waals surface area (Å²) in [6.07, 6.45) is 10.0. The summed E-state index contributed by atoms with van der Waals surface area (Å²) in [5.41, 5.74) is 1.14. The van der Waals surface area contributed by atoms with Crippen LogP contribution in [0.2, 0.25) is 0 Å². The third kappa shape index (κ3) is 4.61. The van der Waals surface area contributed by atoms with Gasteiger partial charge >= 0.3 is 0 Å². The van der Waals surface area contributed by atoms with Gasteiger partial charge in [0.15, 0.2) is 0 Å². The van der Waals surface area contributed by atoms with Gasteiger partial charge in [0.1, 0.15) is 5.82 Å². The van der Waals surface area contributed by atoms with Gasteiger partial charge in [-0.2, -0.15) is 5.10 Å². The minimum atomic E-state index is 0.720. The molecule has 1 aromatic rings. The van der Waals surface area contributed by atoms with E-state index in [0.717, 1.165) is 30.5 Å². The molecule has 0 amide bonds. The molecule has 0 aliphatic heterocycles. The molecule has 4 nitrogen and oxygen atoms in total. The Morgan fingerprint density at radius 2 is 1.94 bits per heavy atom. The summed E-state index contributed by atoms with van der Waals surface area (Å²) in [5, 5.41) is 14.9. The number of anilines is 1. The highest BCUT2D eigenvalue weighted by Gasteiger charge is 2.10. The summed E-state index contributed by atoms with van der Waals surface area (Å²) >= 11 is 0. The molecule has 100 valence electrons. The first-order valence-electron chi connectivity index (χ1n) is 7.11. The lowest BCUT2D eigenvalue weighted by Gasteiger charge is -2.16. The third-order valence-corrected chi connectivity index (χ3v) is 3.51. The molecule has 1 aliphatic rings. The van der Waals surface area contributed by atoms with Crippen LogP contribution in [-0.4, -0.2) is 29.3 Å². The van der Waals surface area contributed by atoms with Crippen molar-refractivity contribution in [2.45, 2.75) is 51.5 Å². The highest BCUT2D eigenvalue weighted by Crippen LogP contribution is 2.16. The fraction of sp³-hybridized carbons (Fsp3) is 0.714. The molecule has 1 aliphatic carbocycles. The molecule has 0 bridgehead atoms. The van der Waals surface area contributed by atoms with E-state index >= 15 is 0 Å². The van der Waals surface area contributed by atoms with Crippen LogP contribution in [0.5, 0.6) is 0 Å². The highest BCUT2D eigenvalue weighted by molar-refractivity contribution is 5.34. The van der Waals surface area contributed by atoms with Crippen molar-refractivity contribution >= 4 is 5.82 Å². The number of nitrogens with zero attached hydrogens (tertiary/aromatic N) is 2. The SMILES string of the molecule is Cc1cnnc(NCCNC2CCCCCC2)c1. The van der Waals surface area contributed by atoms with E-state index < -0.39 is 0 Å². The molecule has 0 spiro atoms. The zero-order chi connectivity index (χ0) is 12.6. The maximum absolute atomic E-state index is 4.05. The van der Waals surface area contributed by atoms with Crippen LogP contribution in [0, 0.1) is 6.92 Å². The predicted octanol–water partition coefficient (Wildman–Crippen LogP) is 2.51. The standard InChI is InChI=1S/C14H24N4/c1-12-10-14(18-17-11-12)16-9-8-15-13-6-4-2-3-5-7-13/h10-11,13,15H,2-9H2,1H3,(H,16,18). The molecule has 1 saturated carbocycles. The van der Waals surface area contributed by atoms with Crippen molar-refractivity contribution in [2.24, 2.45) is 0 Å². The van der Waals surface area contributed by atoms with Gasteiger partial charge in [-0.05, 0) is 31.4 Å². The molecule has 2 rings (SSSR count). The Labute approximate surface area is 110 Å². The maximum atomic E-state index is 4.05. The molecule has 0 saturated heterocycles. The number of hydrogen-bond acceptors (Lipinski definition) is 4. The van der Waals surface area contributed by atoms with Crippen LogP contribution in [0.4, 0.5) is 5.82 Å². The fourth-order valence-electron chi connectivity index (χ4n) is 2.50. The maximum Gasteiger partial charge on any atom is 0.148 e. The van der Waals surface area contributed by atoms with Gasteiger partial charge in [0, 0.05) is 19.1 Å². The Hall–Kier alpha value is -1.16. The first-order valence-corrected chi connectivity index (χ1v) is 7.11. The number of hydrogen-bond donors (Lipinski definition) is 2. The Morgan fingerprint density at radius 1 is 1.17 bits per heavy atom. The highest BCUT2D eigenvalue weighted by atomic mass is 15.2. The van der Waals surface area contributed by atoms with Crippen molar-refractivity contribution in [3.05, 3.63) is 17.8 Å². The number of rotatable bonds is 5. The second kappa shape index (κ2) is 7.31. The van der Waals surface area contributed by atoms with Gasteiger partial charge in [0.25, 0.3) is 0 Å². The van der Waals surface area contributed by atoms with Gasteiger partial charge in [-0.25, -0.2) is 0 Å². The summed E-state index contributed by atoms with van der Waals surface area (Å²) in [4.78, 5) is 0. The second-order valence-electron chi connectivity index (χ2n) is 5.19. The van der Waals surface area contributed by atoms with Crippen LogP contribution >= 0.6 is 0 Å². The van der Waals surface area contributed by atoms with Gasteiger partial charge in [-0.3, -0.25) is 0 Å². The van der Waals surface area contributed by atoms with Crippen LogP contribution in [0.3, 0.4) is 0 Å². The largest absolute Gasteiger partial charge is 0.367 e. The summed E-state index contributed by atoms with van der Waals surface area (Å²) in [5.74, 6) is 0.873. The normalized spacial score (nSPS) is 17.4. The molecule has 18 heavy (non-hydrogen) atoms. The van der Waals surface area contributed by atoms with E-state index in [1.807, 2.05) is 13.0 Å². The zero-order valence-corrected chi connectivity index (χ0v) is 11.3. The van der Waals surface area contributed by atoms with Crippen LogP contribution < -0.4 is 10.6 Å². The van der Waals surface area contributed by atoms with Crippen LogP contribution in [0.15, 0.2) is 12.3 Å². The van der Waals surface area contributed by atoms with E-state index in [0.29, 0.717) is 0 Å². The minimum absolute atomic E-state index is 0.720. The van der Waals surface area contributed by atoms with Crippen molar-refractivity contribution < 1.29 is 0 Å². The molecular formula is C14H24N4. The van der Waals surface area contributed by atoms with E-state index in [1.54, 1.807) is 6.20 Å². The summed E-state index contributed by atoms with van der Waals surface area (Å²) in [7, 11) is 0.